The van der Waals surface area contributed by atoms with E-state index in [9.17, 15) is 14.0 Å². The van der Waals surface area contributed by atoms with Gasteiger partial charge in [0.15, 0.2) is 0 Å². The zero-order valence-electron chi connectivity index (χ0n) is 18.4. The first-order valence-electron chi connectivity index (χ1n) is 10.5. The van der Waals surface area contributed by atoms with E-state index in [1.165, 1.54) is 12.1 Å². The molecule has 0 aliphatic carbocycles. The van der Waals surface area contributed by atoms with Gasteiger partial charge in [0.2, 0.25) is 0 Å². The van der Waals surface area contributed by atoms with E-state index < -0.39 is 17.3 Å². The standard InChI is InChI=1S/C22H33FN4O3/c1-15-16-13-18(23)17(20(24)28)14-19(16)27(26-15)12-10-8-6-5-7-9-11-25-21(29)30-22(2,3)4/h13-14H,5-12H2,1-4H3,(H2,24,28)(H,25,29). The number of fused-ring (bicyclic) bond motifs is 1. The molecule has 0 radical (unpaired) electrons. The average molecular weight is 421 g/mol. The van der Waals surface area contributed by atoms with E-state index in [0.717, 1.165) is 49.7 Å². The Balaban J connectivity index is 1.69. The molecule has 0 unspecified atom stereocenters. The number of unbranched alkanes of at least 4 members (excludes halogenated alkanes) is 5. The summed E-state index contributed by atoms with van der Waals surface area (Å²) in [4.78, 5) is 23.0. The summed E-state index contributed by atoms with van der Waals surface area (Å²) in [5.41, 5.74) is 6.14. The van der Waals surface area contributed by atoms with Gasteiger partial charge in [0.05, 0.1) is 16.8 Å². The molecule has 0 fully saturated rings. The van der Waals surface area contributed by atoms with Crippen LogP contribution in [-0.2, 0) is 11.3 Å². The van der Waals surface area contributed by atoms with E-state index in [0.29, 0.717) is 18.5 Å². The van der Waals surface area contributed by atoms with Crippen molar-refractivity contribution in [1.29, 1.82) is 0 Å². The van der Waals surface area contributed by atoms with Crippen LogP contribution in [0.25, 0.3) is 10.9 Å². The minimum absolute atomic E-state index is 0.108. The predicted molar refractivity (Wildman–Crippen MR) is 115 cm³/mol. The van der Waals surface area contributed by atoms with Gasteiger partial charge < -0.3 is 15.8 Å². The van der Waals surface area contributed by atoms with Gasteiger partial charge >= 0.3 is 6.09 Å². The molecule has 7 nitrogen and oxygen atoms in total. The van der Waals surface area contributed by atoms with Crippen molar-refractivity contribution < 1.29 is 18.7 Å². The van der Waals surface area contributed by atoms with E-state index >= 15 is 0 Å². The number of hydrogen-bond donors (Lipinski definition) is 2. The summed E-state index contributed by atoms with van der Waals surface area (Å²) in [6.07, 6.45) is 5.76. The molecule has 30 heavy (non-hydrogen) atoms. The van der Waals surface area contributed by atoms with Crippen LogP contribution >= 0.6 is 0 Å². The SMILES string of the molecule is Cc1nn(CCCCCCCCNC(=O)OC(C)(C)C)c2cc(C(N)=O)c(F)cc12. The summed E-state index contributed by atoms with van der Waals surface area (Å²) in [6.45, 7) is 8.67. The second-order valence-electron chi connectivity index (χ2n) is 8.57. The van der Waals surface area contributed by atoms with Crippen molar-refractivity contribution in [3.63, 3.8) is 0 Å². The Morgan fingerprint density at radius 1 is 1.13 bits per heavy atom. The van der Waals surface area contributed by atoms with Crippen molar-refractivity contribution in [3.8, 4) is 0 Å². The molecule has 0 saturated heterocycles. The number of nitrogens with one attached hydrogen (secondary N) is 1. The predicted octanol–water partition coefficient (Wildman–Crippen LogP) is 4.45. The quantitative estimate of drug-likeness (QED) is 0.555. The van der Waals surface area contributed by atoms with E-state index in [1.54, 1.807) is 0 Å². The highest BCUT2D eigenvalue weighted by Crippen LogP contribution is 2.23. The van der Waals surface area contributed by atoms with Crippen LogP contribution in [0.2, 0.25) is 0 Å². The van der Waals surface area contributed by atoms with Crippen LogP contribution in [0.1, 0.15) is 75.3 Å². The summed E-state index contributed by atoms with van der Waals surface area (Å²) in [5, 5.41) is 7.95. The number of rotatable bonds is 10. The number of nitrogens with two attached hydrogens (primary N) is 1. The highest BCUT2D eigenvalue weighted by atomic mass is 19.1. The molecule has 0 aliphatic rings. The zero-order valence-corrected chi connectivity index (χ0v) is 18.4. The first kappa shape index (κ1) is 23.6. The Kier molecular flexibility index (Phi) is 8.20. The third-order valence-electron chi connectivity index (χ3n) is 4.75. The fraction of sp³-hybridized carbons (Fsp3) is 0.591. The van der Waals surface area contributed by atoms with E-state index in [1.807, 2.05) is 32.4 Å². The Bertz CT molecular complexity index is 887. The first-order chi connectivity index (χ1) is 14.1. The number of benzene rings is 1. The Morgan fingerprint density at radius 3 is 2.40 bits per heavy atom. The van der Waals surface area contributed by atoms with Gasteiger partial charge in [-0.2, -0.15) is 5.10 Å². The van der Waals surface area contributed by atoms with Crippen LogP contribution in [0, 0.1) is 12.7 Å². The Hall–Kier alpha value is -2.64. The monoisotopic (exact) mass is 420 g/mol. The maximum atomic E-state index is 14.0. The molecule has 1 aromatic carbocycles. The van der Waals surface area contributed by atoms with Gasteiger partial charge in [-0.3, -0.25) is 9.48 Å². The third kappa shape index (κ3) is 7.00. The molecule has 0 saturated carbocycles. The van der Waals surface area contributed by atoms with Gasteiger partial charge in [-0.25, -0.2) is 9.18 Å². The summed E-state index contributed by atoms with van der Waals surface area (Å²) >= 11 is 0. The number of carbonyl (C=O) groups is 2. The fourth-order valence-corrected chi connectivity index (χ4v) is 3.31. The maximum absolute atomic E-state index is 14.0. The molecule has 166 valence electrons. The molecule has 1 heterocycles. The van der Waals surface area contributed by atoms with Gasteiger partial charge in [0.25, 0.3) is 5.91 Å². The summed E-state index contributed by atoms with van der Waals surface area (Å²) in [6, 6.07) is 2.82. The van der Waals surface area contributed by atoms with E-state index in [4.69, 9.17) is 10.5 Å². The molecule has 0 spiro atoms. The van der Waals surface area contributed by atoms with Crippen LogP contribution in [0.15, 0.2) is 12.1 Å². The fourth-order valence-electron chi connectivity index (χ4n) is 3.31. The third-order valence-corrected chi connectivity index (χ3v) is 4.75. The first-order valence-corrected chi connectivity index (χ1v) is 10.5. The van der Waals surface area contributed by atoms with Gasteiger partial charge in [0.1, 0.15) is 11.4 Å². The number of halogens is 1. The topological polar surface area (TPSA) is 99.2 Å². The van der Waals surface area contributed by atoms with Gasteiger partial charge in [-0.15, -0.1) is 0 Å². The number of carbonyl (C=O) groups excluding carboxylic acids is 2. The smallest absolute Gasteiger partial charge is 0.407 e. The molecule has 0 aliphatic heterocycles. The minimum Gasteiger partial charge on any atom is -0.444 e. The second kappa shape index (κ2) is 10.4. The molecule has 2 amide bonds. The van der Waals surface area contributed by atoms with Crippen LogP contribution in [0.3, 0.4) is 0 Å². The maximum Gasteiger partial charge on any atom is 0.407 e. The molecule has 0 bridgehead atoms. The normalized spacial score (nSPS) is 11.6. The lowest BCUT2D eigenvalue weighted by Crippen LogP contribution is -2.32. The summed E-state index contributed by atoms with van der Waals surface area (Å²) in [5.74, 6) is -1.39. The molecule has 8 heteroatoms. The van der Waals surface area contributed by atoms with Crippen molar-refractivity contribution in [2.24, 2.45) is 5.73 Å². The lowest BCUT2D eigenvalue weighted by molar-refractivity contribution is 0.0526. The highest BCUT2D eigenvalue weighted by molar-refractivity contribution is 5.97. The summed E-state index contributed by atoms with van der Waals surface area (Å²) < 4.78 is 21.0. The number of amides is 2. The number of hydrogen-bond acceptors (Lipinski definition) is 4. The molecular weight excluding hydrogens is 387 g/mol. The number of primary amides is 1. The number of aryl methyl sites for hydroxylation is 2. The van der Waals surface area contributed by atoms with Crippen molar-refractivity contribution in [3.05, 3.63) is 29.2 Å². The molecule has 0 atom stereocenters. The lowest BCUT2D eigenvalue weighted by Gasteiger charge is -2.19. The van der Waals surface area contributed by atoms with Crippen LogP contribution in [0.4, 0.5) is 9.18 Å². The highest BCUT2D eigenvalue weighted by Gasteiger charge is 2.16. The number of ether oxygens (including phenoxy) is 1. The summed E-state index contributed by atoms with van der Waals surface area (Å²) in [7, 11) is 0. The molecule has 3 N–H and O–H groups in total. The number of nitrogens with zero attached hydrogens (tertiary/aromatic N) is 2. The molecule has 2 rings (SSSR count). The van der Waals surface area contributed by atoms with E-state index in [-0.39, 0.29) is 11.7 Å². The van der Waals surface area contributed by atoms with Gasteiger partial charge in [-0.1, -0.05) is 25.7 Å². The molecule has 1 aromatic heterocycles. The van der Waals surface area contributed by atoms with Crippen molar-refractivity contribution in [2.75, 3.05) is 6.54 Å². The largest absolute Gasteiger partial charge is 0.444 e. The Morgan fingerprint density at radius 2 is 1.77 bits per heavy atom. The number of aromatic nitrogens is 2. The second-order valence-corrected chi connectivity index (χ2v) is 8.57. The van der Waals surface area contributed by atoms with Crippen molar-refractivity contribution >= 4 is 22.9 Å². The number of alkyl carbamates (subject to hydrolysis) is 1. The van der Waals surface area contributed by atoms with Crippen molar-refractivity contribution in [2.45, 2.75) is 78.4 Å². The molecule has 2 aromatic rings. The Labute approximate surface area is 177 Å². The van der Waals surface area contributed by atoms with Crippen molar-refractivity contribution in [1.82, 2.24) is 15.1 Å². The minimum atomic E-state index is -0.777. The lowest BCUT2D eigenvalue weighted by atomic mass is 10.1. The van der Waals surface area contributed by atoms with Gasteiger partial charge in [0, 0.05) is 18.5 Å². The molecular formula is C22H33FN4O3. The van der Waals surface area contributed by atoms with Crippen LogP contribution < -0.4 is 11.1 Å². The zero-order chi connectivity index (χ0) is 22.3. The van der Waals surface area contributed by atoms with Gasteiger partial charge in [-0.05, 0) is 52.7 Å². The average Bonchev–Trinajstić information content (AvgIpc) is 2.93. The van der Waals surface area contributed by atoms with Crippen LogP contribution in [0.5, 0.6) is 0 Å². The van der Waals surface area contributed by atoms with E-state index in [2.05, 4.69) is 10.4 Å². The van der Waals surface area contributed by atoms with Crippen LogP contribution in [-0.4, -0.2) is 33.9 Å².